The molecule has 0 aliphatic carbocycles. The topological polar surface area (TPSA) is 123 Å². The number of amides is 1. The Morgan fingerprint density at radius 2 is 1.79 bits per heavy atom. The van der Waals surface area contributed by atoms with Crippen LogP contribution in [0.3, 0.4) is 0 Å². The molecule has 0 bridgehead atoms. The van der Waals surface area contributed by atoms with Crippen molar-refractivity contribution >= 4 is 17.6 Å². The number of halogens is 8. The van der Waals surface area contributed by atoms with Gasteiger partial charge in [-0.05, 0) is 36.1 Å². The zero-order valence-electron chi connectivity index (χ0n) is 24.8. The van der Waals surface area contributed by atoms with Crippen LogP contribution in [-0.4, -0.2) is 71.4 Å². The number of fused-ring (bicyclic) bond motifs is 1. The number of aliphatic carboxylic acids is 1. The largest absolute Gasteiger partial charge is 0.493 e. The Balaban J connectivity index is 1.45. The van der Waals surface area contributed by atoms with Crippen molar-refractivity contribution in [3.8, 4) is 16.9 Å². The highest BCUT2D eigenvalue weighted by Crippen LogP contribution is 2.42. The van der Waals surface area contributed by atoms with E-state index in [4.69, 9.17) is 9.47 Å². The minimum absolute atomic E-state index is 0.0675. The van der Waals surface area contributed by atoms with E-state index in [1.807, 2.05) is 5.32 Å². The number of aryl methyl sites for hydroxylation is 1. The van der Waals surface area contributed by atoms with Crippen molar-refractivity contribution in [1.29, 1.82) is 0 Å². The average Bonchev–Trinajstić information content (AvgIpc) is 3.01. The van der Waals surface area contributed by atoms with Gasteiger partial charge in [-0.2, -0.15) is 31.4 Å². The first-order chi connectivity index (χ1) is 22.5. The molecule has 18 heteroatoms. The molecule has 10 nitrogen and oxygen atoms in total. The first-order valence-electron chi connectivity index (χ1n) is 14.3. The Morgan fingerprint density at radius 1 is 1.10 bits per heavy atom. The summed E-state index contributed by atoms with van der Waals surface area (Å²) in [7, 11) is 1.16. The van der Waals surface area contributed by atoms with Crippen LogP contribution in [-0.2, 0) is 35.6 Å². The van der Waals surface area contributed by atoms with Gasteiger partial charge in [0, 0.05) is 31.3 Å². The molecule has 2 atom stereocenters. The fourth-order valence-corrected chi connectivity index (χ4v) is 5.71. The van der Waals surface area contributed by atoms with Crippen molar-refractivity contribution in [2.24, 2.45) is 7.05 Å². The molecule has 1 aromatic heterocycles. The first-order valence-corrected chi connectivity index (χ1v) is 14.3. The lowest BCUT2D eigenvalue weighted by molar-refractivity contribution is -0.167. The number of hydrogen-bond acceptors (Lipinski definition) is 7. The smallest absolute Gasteiger partial charge is 0.418 e. The van der Waals surface area contributed by atoms with Crippen LogP contribution < -0.4 is 20.5 Å². The van der Waals surface area contributed by atoms with Gasteiger partial charge >= 0.3 is 18.3 Å². The van der Waals surface area contributed by atoms with Crippen LogP contribution in [0.2, 0.25) is 0 Å². The molecule has 1 fully saturated rings. The predicted molar refractivity (Wildman–Crippen MR) is 151 cm³/mol. The van der Waals surface area contributed by atoms with Gasteiger partial charge in [0.25, 0.3) is 11.5 Å². The van der Waals surface area contributed by atoms with Crippen molar-refractivity contribution in [1.82, 2.24) is 15.1 Å². The zero-order chi connectivity index (χ0) is 35.1. The summed E-state index contributed by atoms with van der Waals surface area (Å²) in [5.74, 6) is -6.35. The molecule has 2 aliphatic rings. The standard InChI is InChI=1S/C30H26F8N4O6/c1-41-27(44)23(18(12-39-41)29(33,34)35)17-5-4-14(16-3-2-7-48-25(16)17)9-21(28(45)46)40-26(43)24-19(31)10-15(11-20(24)32)42-6-8-47-13-22(42)30(36,37)38/h4-5,10-12,21-22H,2-3,6-9,13H2,1H3,(H,40,43)(H,45,46)/t21-,22+/m0/s1. The highest BCUT2D eigenvalue weighted by molar-refractivity contribution is 5.97. The maximum Gasteiger partial charge on any atom is 0.418 e. The van der Waals surface area contributed by atoms with Crippen molar-refractivity contribution in [3.05, 3.63) is 74.7 Å². The van der Waals surface area contributed by atoms with E-state index in [0.29, 0.717) is 34.3 Å². The molecule has 1 amide bonds. The third kappa shape index (κ3) is 6.79. The zero-order valence-corrected chi connectivity index (χ0v) is 24.8. The molecule has 2 aliphatic heterocycles. The quantitative estimate of drug-likeness (QED) is 0.353. The molecule has 0 unspecified atom stereocenters. The van der Waals surface area contributed by atoms with Crippen LogP contribution in [0.15, 0.2) is 35.3 Å². The number of carbonyl (C=O) groups excluding carboxylic acids is 1. The van der Waals surface area contributed by atoms with E-state index in [1.54, 1.807) is 0 Å². The third-order valence-corrected chi connectivity index (χ3v) is 8.01. The second-order valence-electron chi connectivity index (χ2n) is 11.1. The van der Waals surface area contributed by atoms with E-state index in [-0.39, 0.29) is 48.6 Å². The molecule has 48 heavy (non-hydrogen) atoms. The van der Waals surface area contributed by atoms with Crippen molar-refractivity contribution < 1.29 is 59.3 Å². The fraction of sp³-hybridized carbons (Fsp3) is 0.400. The maximum absolute atomic E-state index is 15.1. The van der Waals surface area contributed by atoms with E-state index in [9.17, 15) is 45.8 Å². The number of benzene rings is 2. The lowest BCUT2D eigenvalue weighted by atomic mass is 9.89. The Hall–Kier alpha value is -4.74. The molecule has 2 N–H and O–H groups in total. The SMILES string of the molecule is Cn1ncc(C(F)(F)F)c(-c2ccc(C[C@H](NC(=O)c3c(F)cc(N4CCOC[C@@H]4C(F)(F)F)cc3F)C(=O)O)c3c2OCCC3)c1=O. The maximum atomic E-state index is 15.1. The predicted octanol–water partition coefficient (Wildman–Crippen LogP) is 4.26. The molecular weight excluding hydrogens is 664 g/mol. The third-order valence-electron chi connectivity index (χ3n) is 8.01. The number of anilines is 1. The Labute approximate surface area is 265 Å². The van der Waals surface area contributed by atoms with Crippen LogP contribution >= 0.6 is 0 Å². The highest BCUT2D eigenvalue weighted by atomic mass is 19.4. The number of carboxylic acid groups (broad SMARTS) is 1. The molecule has 5 rings (SSSR count). The summed E-state index contributed by atoms with van der Waals surface area (Å²) in [4.78, 5) is 38.7. The minimum atomic E-state index is -4.96. The van der Waals surface area contributed by atoms with Gasteiger partial charge in [0.2, 0.25) is 0 Å². The van der Waals surface area contributed by atoms with E-state index in [1.165, 1.54) is 6.07 Å². The van der Waals surface area contributed by atoms with Gasteiger partial charge in [0.1, 0.15) is 35.0 Å². The molecule has 0 radical (unpaired) electrons. The number of aromatic nitrogens is 2. The number of rotatable bonds is 7. The summed E-state index contributed by atoms with van der Waals surface area (Å²) >= 11 is 0. The van der Waals surface area contributed by atoms with Gasteiger partial charge in [-0.15, -0.1) is 0 Å². The van der Waals surface area contributed by atoms with E-state index in [2.05, 4.69) is 5.10 Å². The van der Waals surface area contributed by atoms with E-state index >= 15 is 8.78 Å². The van der Waals surface area contributed by atoms with Gasteiger partial charge in [-0.3, -0.25) is 9.59 Å². The summed E-state index contributed by atoms with van der Waals surface area (Å²) < 4.78 is 124. The lowest BCUT2D eigenvalue weighted by Gasteiger charge is -2.38. The van der Waals surface area contributed by atoms with Crippen LogP contribution in [0.1, 0.15) is 33.5 Å². The number of ether oxygens (including phenoxy) is 2. The Bertz CT molecular complexity index is 1790. The van der Waals surface area contributed by atoms with Crippen LogP contribution in [0.4, 0.5) is 40.8 Å². The number of nitrogens with one attached hydrogen (secondary N) is 1. The average molecular weight is 691 g/mol. The normalized spacial score (nSPS) is 17.4. The van der Waals surface area contributed by atoms with Crippen molar-refractivity contribution in [3.63, 3.8) is 0 Å². The van der Waals surface area contributed by atoms with Gasteiger partial charge in [-0.1, -0.05) is 12.1 Å². The Morgan fingerprint density at radius 3 is 2.42 bits per heavy atom. The number of carbonyl (C=O) groups is 2. The Kier molecular flexibility index (Phi) is 9.40. The van der Waals surface area contributed by atoms with Gasteiger partial charge in [0.05, 0.1) is 37.1 Å². The lowest BCUT2D eigenvalue weighted by Crippen LogP contribution is -2.53. The highest BCUT2D eigenvalue weighted by Gasteiger charge is 2.46. The van der Waals surface area contributed by atoms with E-state index in [0.717, 1.165) is 13.1 Å². The first kappa shape index (κ1) is 34.6. The number of alkyl halides is 6. The van der Waals surface area contributed by atoms with Crippen LogP contribution in [0.5, 0.6) is 5.75 Å². The summed E-state index contributed by atoms with van der Waals surface area (Å²) in [5, 5.41) is 15.4. The fourth-order valence-electron chi connectivity index (χ4n) is 5.71. The summed E-state index contributed by atoms with van der Waals surface area (Å²) in [5.41, 5.74) is -4.62. The van der Waals surface area contributed by atoms with Gasteiger partial charge < -0.3 is 24.8 Å². The summed E-state index contributed by atoms with van der Waals surface area (Å²) in [6.45, 7) is -1.22. The molecule has 0 saturated carbocycles. The monoisotopic (exact) mass is 690 g/mol. The van der Waals surface area contributed by atoms with Crippen LogP contribution in [0, 0.1) is 11.6 Å². The second-order valence-corrected chi connectivity index (χ2v) is 11.1. The molecule has 1 saturated heterocycles. The summed E-state index contributed by atoms with van der Waals surface area (Å²) in [6, 6.07) is -0.568. The number of hydrogen-bond donors (Lipinski definition) is 2. The number of morpholine rings is 1. The molecule has 2 aromatic carbocycles. The van der Waals surface area contributed by atoms with Crippen molar-refractivity contribution in [2.45, 2.75) is 43.7 Å². The molecule has 3 aromatic rings. The number of carboxylic acids is 1. The molecule has 0 spiro atoms. The molecular formula is C30H26F8N4O6. The van der Waals surface area contributed by atoms with Gasteiger partial charge in [0.15, 0.2) is 0 Å². The van der Waals surface area contributed by atoms with E-state index < -0.39 is 88.9 Å². The van der Waals surface area contributed by atoms with Crippen LogP contribution in [0.25, 0.3) is 11.1 Å². The minimum Gasteiger partial charge on any atom is -0.493 e. The number of nitrogens with zero attached hydrogens (tertiary/aromatic N) is 3. The summed E-state index contributed by atoms with van der Waals surface area (Å²) in [6.07, 6.45) is -9.22. The van der Waals surface area contributed by atoms with Crippen molar-refractivity contribution in [2.75, 3.05) is 31.3 Å². The molecule has 3 heterocycles. The molecule has 258 valence electrons. The van der Waals surface area contributed by atoms with Gasteiger partial charge in [-0.25, -0.2) is 18.3 Å². The second kappa shape index (κ2) is 13.0.